The van der Waals surface area contributed by atoms with Crippen molar-refractivity contribution < 1.29 is 14.3 Å². The summed E-state index contributed by atoms with van der Waals surface area (Å²) in [6, 6.07) is 25.3. The van der Waals surface area contributed by atoms with E-state index in [0.717, 1.165) is 11.1 Å². The molecule has 0 aromatic heterocycles. The maximum atomic E-state index is 12.8. The second-order valence-corrected chi connectivity index (χ2v) is 7.87. The molecule has 31 heavy (non-hydrogen) atoms. The van der Waals surface area contributed by atoms with E-state index in [1.54, 1.807) is 17.0 Å². The van der Waals surface area contributed by atoms with Crippen LogP contribution in [0.5, 0.6) is 5.75 Å². The summed E-state index contributed by atoms with van der Waals surface area (Å²) < 4.78 is 5.70. The van der Waals surface area contributed by atoms with Crippen LogP contribution in [0.1, 0.15) is 39.9 Å². The van der Waals surface area contributed by atoms with Gasteiger partial charge in [0.15, 0.2) is 6.61 Å². The number of carbonyl (C=O) groups excluding carboxylic acids is 2. The maximum absolute atomic E-state index is 12.8. The molecule has 1 atom stereocenters. The van der Waals surface area contributed by atoms with Gasteiger partial charge in [0.05, 0.1) is 0 Å². The fourth-order valence-electron chi connectivity index (χ4n) is 3.70. The van der Waals surface area contributed by atoms with E-state index in [9.17, 15) is 9.59 Å². The summed E-state index contributed by atoms with van der Waals surface area (Å²) in [5, 5.41) is 3.02. The lowest BCUT2D eigenvalue weighted by atomic mass is 10.0. The first kappa shape index (κ1) is 20.7. The third-order valence-electron chi connectivity index (χ3n) is 5.54. The smallest absolute Gasteiger partial charge is 0.261 e. The van der Waals surface area contributed by atoms with Gasteiger partial charge in [0.1, 0.15) is 5.75 Å². The van der Waals surface area contributed by atoms with E-state index in [1.165, 1.54) is 5.56 Å². The Kier molecular flexibility index (Phi) is 6.32. The molecule has 1 heterocycles. The molecule has 158 valence electrons. The zero-order chi connectivity index (χ0) is 21.6. The quantitative estimate of drug-likeness (QED) is 0.660. The second kappa shape index (κ2) is 9.47. The van der Waals surface area contributed by atoms with Crippen LogP contribution in [0.25, 0.3) is 0 Å². The predicted molar refractivity (Wildman–Crippen MR) is 120 cm³/mol. The summed E-state index contributed by atoms with van der Waals surface area (Å²) in [4.78, 5) is 27.1. The Morgan fingerprint density at radius 3 is 2.48 bits per heavy atom. The number of nitrogens with zero attached hydrogens (tertiary/aromatic N) is 1. The molecule has 0 radical (unpaired) electrons. The normalized spacial score (nSPS) is 14.2. The van der Waals surface area contributed by atoms with Gasteiger partial charge in [-0.15, -0.1) is 0 Å². The number of nitrogens with one attached hydrogen (secondary N) is 1. The van der Waals surface area contributed by atoms with Crippen molar-refractivity contribution in [3.63, 3.8) is 0 Å². The third kappa shape index (κ3) is 5.12. The average Bonchev–Trinajstić information content (AvgIpc) is 2.96. The summed E-state index contributed by atoms with van der Waals surface area (Å²) in [6.45, 7) is 3.56. The van der Waals surface area contributed by atoms with Crippen molar-refractivity contribution >= 4 is 11.8 Å². The molecule has 4 rings (SSSR count). The van der Waals surface area contributed by atoms with Crippen LogP contribution in [-0.2, 0) is 17.9 Å². The first-order chi connectivity index (χ1) is 15.1. The van der Waals surface area contributed by atoms with Crippen molar-refractivity contribution in [2.24, 2.45) is 0 Å². The number of hydrogen-bond acceptors (Lipinski definition) is 3. The number of carbonyl (C=O) groups is 2. The van der Waals surface area contributed by atoms with E-state index in [2.05, 4.69) is 24.4 Å². The third-order valence-corrected chi connectivity index (χ3v) is 5.54. The van der Waals surface area contributed by atoms with Crippen LogP contribution in [0.2, 0.25) is 0 Å². The summed E-state index contributed by atoms with van der Waals surface area (Å²) in [5.41, 5.74) is 3.65. The molecular formula is C26H26N2O3. The fraction of sp³-hybridized carbons (Fsp3) is 0.231. The van der Waals surface area contributed by atoms with E-state index in [-0.39, 0.29) is 24.3 Å². The SMILES string of the molecule is CC(CNC(=O)c1ccc2c(c1)CN(Cc1ccccc1)C(=O)CO2)c1ccccc1. The molecule has 0 spiro atoms. The molecule has 0 saturated heterocycles. The number of rotatable bonds is 6. The van der Waals surface area contributed by atoms with Gasteiger partial charge < -0.3 is 15.0 Å². The Morgan fingerprint density at radius 1 is 1.03 bits per heavy atom. The second-order valence-electron chi connectivity index (χ2n) is 7.87. The molecule has 1 aliphatic heterocycles. The molecule has 5 nitrogen and oxygen atoms in total. The van der Waals surface area contributed by atoms with Crippen molar-refractivity contribution in [1.82, 2.24) is 10.2 Å². The number of benzene rings is 3. The van der Waals surface area contributed by atoms with Crippen LogP contribution in [0.4, 0.5) is 0 Å². The van der Waals surface area contributed by atoms with Crippen molar-refractivity contribution in [3.05, 3.63) is 101 Å². The minimum Gasteiger partial charge on any atom is -0.483 e. The molecule has 2 amide bonds. The first-order valence-corrected chi connectivity index (χ1v) is 10.5. The number of fused-ring (bicyclic) bond motifs is 1. The summed E-state index contributed by atoms with van der Waals surface area (Å²) in [7, 11) is 0. The summed E-state index contributed by atoms with van der Waals surface area (Å²) in [6.07, 6.45) is 0. The van der Waals surface area contributed by atoms with E-state index >= 15 is 0 Å². The number of ether oxygens (including phenoxy) is 1. The highest BCUT2D eigenvalue weighted by Gasteiger charge is 2.23. The lowest BCUT2D eigenvalue weighted by Crippen LogP contribution is -2.32. The van der Waals surface area contributed by atoms with Crippen LogP contribution in [0.15, 0.2) is 78.9 Å². The lowest BCUT2D eigenvalue weighted by Gasteiger charge is -2.20. The molecule has 3 aromatic carbocycles. The Bertz CT molecular complexity index is 1050. The minimum absolute atomic E-state index is 0.0000327. The highest BCUT2D eigenvalue weighted by atomic mass is 16.5. The summed E-state index contributed by atoms with van der Waals surface area (Å²) in [5.74, 6) is 0.671. The van der Waals surface area contributed by atoms with Crippen molar-refractivity contribution in [3.8, 4) is 5.75 Å². The van der Waals surface area contributed by atoms with Gasteiger partial charge in [-0.2, -0.15) is 0 Å². The largest absolute Gasteiger partial charge is 0.483 e. The van der Waals surface area contributed by atoms with Gasteiger partial charge in [0, 0.05) is 30.8 Å². The van der Waals surface area contributed by atoms with E-state index < -0.39 is 0 Å². The Hall–Kier alpha value is -3.60. The summed E-state index contributed by atoms with van der Waals surface area (Å²) >= 11 is 0. The molecular weight excluding hydrogens is 388 g/mol. The zero-order valence-corrected chi connectivity index (χ0v) is 17.6. The standard InChI is InChI=1S/C26H26N2O3/c1-19(21-10-6-3-7-11-21)15-27-26(30)22-12-13-24-23(14-22)17-28(25(29)18-31-24)16-20-8-4-2-5-9-20/h2-14,19H,15-18H2,1H3,(H,27,30). The molecule has 1 unspecified atom stereocenters. The van der Waals surface area contributed by atoms with Crippen LogP contribution in [0.3, 0.4) is 0 Å². The molecule has 1 aliphatic rings. The van der Waals surface area contributed by atoms with Crippen LogP contribution < -0.4 is 10.1 Å². The van der Waals surface area contributed by atoms with E-state index in [1.807, 2.05) is 54.6 Å². The van der Waals surface area contributed by atoms with Gasteiger partial charge in [-0.25, -0.2) is 0 Å². The Morgan fingerprint density at radius 2 is 1.74 bits per heavy atom. The van der Waals surface area contributed by atoms with Crippen LogP contribution >= 0.6 is 0 Å². The fourth-order valence-corrected chi connectivity index (χ4v) is 3.70. The van der Waals surface area contributed by atoms with Crippen molar-refractivity contribution in [2.45, 2.75) is 25.9 Å². The average molecular weight is 415 g/mol. The molecule has 3 aromatic rings. The Labute approximate surface area is 182 Å². The number of hydrogen-bond donors (Lipinski definition) is 1. The van der Waals surface area contributed by atoms with Gasteiger partial charge >= 0.3 is 0 Å². The van der Waals surface area contributed by atoms with Crippen LogP contribution in [0, 0.1) is 0 Å². The minimum atomic E-state index is -0.129. The maximum Gasteiger partial charge on any atom is 0.261 e. The molecule has 0 fully saturated rings. The topological polar surface area (TPSA) is 58.6 Å². The van der Waals surface area contributed by atoms with E-state index in [4.69, 9.17) is 4.74 Å². The van der Waals surface area contributed by atoms with Crippen molar-refractivity contribution in [2.75, 3.05) is 13.2 Å². The molecule has 1 N–H and O–H groups in total. The molecule has 0 aliphatic carbocycles. The monoisotopic (exact) mass is 414 g/mol. The van der Waals surface area contributed by atoms with Gasteiger partial charge in [0.2, 0.25) is 0 Å². The van der Waals surface area contributed by atoms with Gasteiger partial charge in [0.25, 0.3) is 11.8 Å². The van der Waals surface area contributed by atoms with E-state index in [0.29, 0.717) is 30.9 Å². The lowest BCUT2D eigenvalue weighted by molar-refractivity contribution is -0.133. The molecule has 5 heteroatoms. The molecule has 0 bridgehead atoms. The number of amides is 2. The van der Waals surface area contributed by atoms with Crippen molar-refractivity contribution in [1.29, 1.82) is 0 Å². The van der Waals surface area contributed by atoms with Gasteiger partial charge in [-0.3, -0.25) is 9.59 Å². The highest BCUT2D eigenvalue weighted by molar-refractivity contribution is 5.94. The highest BCUT2D eigenvalue weighted by Crippen LogP contribution is 2.26. The first-order valence-electron chi connectivity index (χ1n) is 10.5. The van der Waals surface area contributed by atoms with Crippen LogP contribution in [-0.4, -0.2) is 29.9 Å². The molecule has 0 saturated carbocycles. The Balaban J connectivity index is 1.45. The zero-order valence-electron chi connectivity index (χ0n) is 17.6. The predicted octanol–water partition coefficient (Wildman–Crippen LogP) is 4.14. The van der Waals surface area contributed by atoms with Gasteiger partial charge in [-0.05, 0) is 35.2 Å². The van der Waals surface area contributed by atoms with Gasteiger partial charge in [-0.1, -0.05) is 67.6 Å².